The third kappa shape index (κ3) is 3.15. The molecule has 7 nitrogen and oxygen atoms in total. The van der Waals surface area contributed by atoms with Gasteiger partial charge in [-0.3, -0.25) is 9.40 Å². The average molecular weight is 315 g/mol. The van der Waals surface area contributed by atoms with Crippen LogP contribution in [0.1, 0.15) is 25.2 Å². The average Bonchev–Trinajstić information content (AvgIpc) is 2.85. The molecule has 0 aliphatic carbocycles. The van der Waals surface area contributed by atoms with E-state index in [9.17, 15) is 8.42 Å². The van der Waals surface area contributed by atoms with Gasteiger partial charge in [0.25, 0.3) is 10.0 Å². The number of nitrogens with one attached hydrogen (secondary N) is 1. The molecule has 2 aromatic rings. The summed E-state index contributed by atoms with van der Waals surface area (Å²) in [6, 6.07) is 0. The largest absolute Gasteiger partial charge is 0.281 e. The molecule has 2 aromatic heterocycles. The van der Waals surface area contributed by atoms with Crippen molar-refractivity contribution in [3.05, 3.63) is 17.6 Å². The molecule has 0 saturated heterocycles. The SMILES string of the molecule is Cc1cnn(C)c1S(=O)(=O)Nc1nc(CC(C)C)ns1. The first kappa shape index (κ1) is 14.9. The fraction of sp³-hybridized carbons (Fsp3) is 0.545. The van der Waals surface area contributed by atoms with E-state index in [-0.39, 0.29) is 10.2 Å². The fourth-order valence-electron chi connectivity index (χ4n) is 1.83. The van der Waals surface area contributed by atoms with Crippen LogP contribution in [0.25, 0.3) is 0 Å². The van der Waals surface area contributed by atoms with Gasteiger partial charge >= 0.3 is 0 Å². The van der Waals surface area contributed by atoms with Gasteiger partial charge in [-0.25, -0.2) is 4.98 Å². The smallest absolute Gasteiger partial charge is 0.255 e. The molecule has 20 heavy (non-hydrogen) atoms. The van der Waals surface area contributed by atoms with Crippen molar-refractivity contribution in [3.63, 3.8) is 0 Å². The Labute approximate surface area is 122 Å². The molecule has 0 bridgehead atoms. The molecule has 0 radical (unpaired) electrons. The topological polar surface area (TPSA) is 89.8 Å². The van der Waals surface area contributed by atoms with Crippen LogP contribution in [0.2, 0.25) is 0 Å². The van der Waals surface area contributed by atoms with Crippen molar-refractivity contribution in [1.82, 2.24) is 19.1 Å². The number of anilines is 1. The maximum absolute atomic E-state index is 12.3. The minimum atomic E-state index is -3.69. The summed E-state index contributed by atoms with van der Waals surface area (Å²) < 4.78 is 32.5. The molecule has 9 heteroatoms. The molecule has 2 rings (SSSR count). The van der Waals surface area contributed by atoms with Crippen molar-refractivity contribution in [2.75, 3.05) is 4.72 Å². The Hall–Kier alpha value is -1.48. The lowest BCUT2D eigenvalue weighted by atomic mass is 10.1. The van der Waals surface area contributed by atoms with Gasteiger partial charge in [-0.15, -0.1) is 0 Å². The van der Waals surface area contributed by atoms with E-state index >= 15 is 0 Å². The first-order valence-corrected chi connectivity index (χ1v) is 8.39. The predicted molar refractivity (Wildman–Crippen MR) is 77.2 cm³/mol. The maximum Gasteiger partial charge on any atom is 0.281 e. The molecular weight excluding hydrogens is 298 g/mol. The minimum absolute atomic E-state index is 0.137. The van der Waals surface area contributed by atoms with E-state index in [0.29, 0.717) is 17.3 Å². The molecule has 0 fully saturated rings. The number of aromatic nitrogens is 4. The first-order valence-electron chi connectivity index (χ1n) is 6.13. The van der Waals surface area contributed by atoms with Crippen LogP contribution in [-0.2, 0) is 23.5 Å². The lowest BCUT2D eigenvalue weighted by Crippen LogP contribution is -2.17. The first-order chi connectivity index (χ1) is 9.29. The van der Waals surface area contributed by atoms with Crippen LogP contribution in [0.15, 0.2) is 11.2 Å². The van der Waals surface area contributed by atoms with Crippen molar-refractivity contribution in [2.45, 2.75) is 32.2 Å². The Morgan fingerprint density at radius 3 is 2.70 bits per heavy atom. The Morgan fingerprint density at radius 2 is 2.15 bits per heavy atom. The van der Waals surface area contributed by atoms with E-state index in [1.165, 1.54) is 10.9 Å². The van der Waals surface area contributed by atoms with E-state index in [2.05, 4.69) is 33.0 Å². The lowest BCUT2D eigenvalue weighted by molar-refractivity contribution is 0.580. The highest BCUT2D eigenvalue weighted by Crippen LogP contribution is 2.20. The molecule has 0 unspecified atom stereocenters. The number of hydrogen-bond acceptors (Lipinski definition) is 6. The summed E-state index contributed by atoms with van der Waals surface area (Å²) >= 11 is 1.05. The summed E-state index contributed by atoms with van der Waals surface area (Å²) in [4.78, 5) is 4.19. The van der Waals surface area contributed by atoms with E-state index in [4.69, 9.17) is 0 Å². The van der Waals surface area contributed by atoms with E-state index in [1.807, 2.05) is 0 Å². The predicted octanol–water partition coefficient (Wildman–Crippen LogP) is 1.58. The van der Waals surface area contributed by atoms with E-state index in [0.717, 1.165) is 18.0 Å². The highest BCUT2D eigenvalue weighted by Gasteiger charge is 2.23. The summed E-state index contributed by atoms with van der Waals surface area (Å²) in [5.41, 5.74) is 0.590. The normalized spacial score (nSPS) is 12.1. The van der Waals surface area contributed by atoms with E-state index in [1.54, 1.807) is 14.0 Å². The molecule has 0 aliphatic rings. The van der Waals surface area contributed by atoms with Crippen molar-refractivity contribution < 1.29 is 8.42 Å². The molecule has 0 spiro atoms. The number of rotatable bonds is 5. The molecular formula is C11H17N5O2S2. The van der Waals surface area contributed by atoms with Gasteiger partial charge < -0.3 is 0 Å². The van der Waals surface area contributed by atoms with Crippen LogP contribution in [0, 0.1) is 12.8 Å². The highest BCUT2D eigenvalue weighted by molar-refractivity contribution is 7.92. The van der Waals surface area contributed by atoms with Gasteiger partial charge in [0.1, 0.15) is 5.82 Å². The third-order valence-electron chi connectivity index (χ3n) is 2.59. The maximum atomic E-state index is 12.3. The van der Waals surface area contributed by atoms with Gasteiger partial charge in [0, 0.05) is 30.6 Å². The second kappa shape index (κ2) is 5.49. The summed E-state index contributed by atoms with van der Waals surface area (Å²) in [5.74, 6) is 1.08. The zero-order valence-electron chi connectivity index (χ0n) is 11.8. The summed E-state index contributed by atoms with van der Waals surface area (Å²) in [6.45, 7) is 5.82. The molecule has 0 aromatic carbocycles. The zero-order chi connectivity index (χ0) is 14.9. The molecule has 0 amide bonds. The Balaban J connectivity index is 2.23. The summed E-state index contributed by atoms with van der Waals surface area (Å²) in [5, 5.41) is 4.35. The Kier molecular flexibility index (Phi) is 4.09. The van der Waals surface area contributed by atoms with Crippen LogP contribution in [0.3, 0.4) is 0 Å². The van der Waals surface area contributed by atoms with Crippen molar-refractivity contribution >= 4 is 26.7 Å². The van der Waals surface area contributed by atoms with Crippen molar-refractivity contribution in [3.8, 4) is 0 Å². The molecule has 0 aliphatic heterocycles. The molecule has 0 atom stereocenters. The van der Waals surface area contributed by atoms with E-state index < -0.39 is 10.0 Å². The second-order valence-corrected chi connectivity index (χ2v) is 7.33. The minimum Gasteiger partial charge on any atom is -0.255 e. The lowest BCUT2D eigenvalue weighted by Gasteiger charge is -2.06. The van der Waals surface area contributed by atoms with Gasteiger partial charge in [0.15, 0.2) is 5.03 Å². The molecule has 110 valence electrons. The highest BCUT2D eigenvalue weighted by atomic mass is 32.2. The number of nitrogens with zero attached hydrogens (tertiary/aromatic N) is 4. The zero-order valence-corrected chi connectivity index (χ0v) is 13.4. The van der Waals surface area contributed by atoms with Crippen molar-refractivity contribution in [1.29, 1.82) is 0 Å². The quantitative estimate of drug-likeness (QED) is 0.904. The summed E-state index contributed by atoms with van der Waals surface area (Å²) in [6.07, 6.45) is 2.24. The Morgan fingerprint density at radius 1 is 1.45 bits per heavy atom. The van der Waals surface area contributed by atoms with Gasteiger partial charge in [0.05, 0.1) is 6.20 Å². The third-order valence-corrected chi connectivity index (χ3v) is 4.95. The van der Waals surface area contributed by atoms with Gasteiger partial charge in [-0.1, -0.05) is 13.8 Å². The molecule has 1 N–H and O–H groups in total. The van der Waals surface area contributed by atoms with Crippen LogP contribution >= 0.6 is 11.5 Å². The van der Waals surface area contributed by atoms with Crippen LogP contribution in [0.4, 0.5) is 5.13 Å². The number of aryl methyl sites for hydroxylation is 2. The monoisotopic (exact) mass is 315 g/mol. The van der Waals surface area contributed by atoms with Crippen LogP contribution < -0.4 is 4.72 Å². The summed E-state index contributed by atoms with van der Waals surface area (Å²) in [7, 11) is -2.10. The molecule has 0 saturated carbocycles. The Bertz CT molecular complexity index is 683. The number of sulfonamides is 1. The van der Waals surface area contributed by atoms with Crippen molar-refractivity contribution in [2.24, 2.45) is 13.0 Å². The molecule has 2 heterocycles. The van der Waals surface area contributed by atoms with Gasteiger partial charge in [0.2, 0.25) is 5.13 Å². The van der Waals surface area contributed by atoms with Gasteiger partial charge in [-0.2, -0.15) is 17.9 Å². The standard InChI is InChI=1S/C11H17N5O2S2/c1-7(2)5-9-13-11(19-14-9)15-20(17,18)10-8(3)6-12-16(10)4/h6-7H,5H2,1-4H3,(H,13,14,15). The number of hydrogen-bond donors (Lipinski definition) is 1. The van der Waals surface area contributed by atoms with Gasteiger partial charge in [-0.05, 0) is 12.8 Å². The fourth-order valence-corrected chi connectivity index (χ4v) is 4.00. The van der Waals surface area contributed by atoms with Crippen LogP contribution in [0.5, 0.6) is 0 Å². The second-order valence-electron chi connectivity index (χ2n) is 4.98. The van der Waals surface area contributed by atoms with Crippen LogP contribution in [-0.4, -0.2) is 27.6 Å².